The van der Waals surface area contributed by atoms with Crippen molar-refractivity contribution in [3.05, 3.63) is 101 Å². The highest BCUT2D eigenvalue weighted by atomic mass is 35.5. The number of nitrogens with zero attached hydrogens (tertiary/aromatic N) is 3. The molecule has 2 amide bonds. The third-order valence-electron chi connectivity index (χ3n) is 5.71. The maximum absolute atomic E-state index is 13.4. The van der Waals surface area contributed by atoms with Crippen LogP contribution in [0.3, 0.4) is 0 Å². The summed E-state index contributed by atoms with van der Waals surface area (Å²) < 4.78 is 15.2. The third-order valence-corrected chi connectivity index (χ3v) is 5.96. The van der Waals surface area contributed by atoms with Crippen molar-refractivity contribution in [3.63, 3.8) is 0 Å². The van der Waals surface area contributed by atoms with Crippen molar-refractivity contribution in [1.82, 2.24) is 14.5 Å². The maximum atomic E-state index is 13.4. The molecular formula is C29H28ClFN4O2. The Labute approximate surface area is 220 Å². The molecule has 8 heteroatoms. The molecule has 4 aromatic rings. The molecule has 0 aliphatic carbocycles. The molecule has 3 aromatic carbocycles. The van der Waals surface area contributed by atoms with Gasteiger partial charge in [-0.15, -0.1) is 0 Å². The zero-order valence-corrected chi connectivity index (χ0v) is 21.7. The van der Waals surface area contributed by atoms with Gasteiger partial charge in [0.05, 0.1) is 5.69 Å². The van der Waals surface area contributed by atoms with Crippen LogP contribution in [-0.2, 0) is 4.79 Å². The van der Waals surface area contributed by atoms with Gasteiger partial charge in [-0.1, -0.05) is 55.3 Å². The van der Waals surface area contributed by atoms with E-state index in [-0.39, 0.29) is 18.4 Å². The molecule has 0 bridgehead atoms. The van der Waals surface area contributed by atoms with Crippen LogP contribution in [-0.4, -0.2) is 39.4 Å². The Kier molecular flexibility index (Phi) is 8.04. The molecule has 0 saturated heterocycles. The van der Waals surface area contributed by atoms with E-state index in [0.29, 0.717) is 28.8 Å². The molecule has 0 saturated carbocycles. The molecule has 0 spiro atoms. The summed E-state index contributed by atoms with van der Waals surface area (Å²) in [5, 5.41) is 3.49. The van der Waals surface area contributed by atoms with Crippen LogP contribution in [0.2, 0.25) is 5.02 Å². The highest BCUT2D eigenvalue weighted by Crippen LogP contribution is 2.26. The number of rotatable bonds is 8. The van der Waals surface area contributed by atoms with Gasteiger partial charge in [0.15, 0.2) is 0 Å². The first-order valence-electron chi connectivity index (χ1n) is 12.0. The average Bonchev–Trinajstić information content (AvgIpc) is 3.27. The van der Waals surface area contributed by atoms with E-state index in [4.69, 9.17) is 11.6 Å². The van der Waals surface area contributed by atoms with E-state index >= 15 is 0 Å². The Morgan fingerprint density at radius 1 is 1.00 bits per heavy atom. The number of benzene rings is 3. The van der Waals surface area contributed by atoms with Crippen molar-refractivity contribution in [3.8, 4) is 16.9 Å². The molecule has 1 heterocycles. The second-order valence-corrected chi connectivity index (χ2v) is 9.73. The van der Waals surface area contributed by atoms with Crippen LogP contribution in [0.15, 0.2) is 79.0 Å². The summed E-state index contributed by atoms with van der Waals surface area (Å²) in [6, 6.07) is 20.5. The van der Waals surface area contributed by atoms with Crippen LogP contribution in [0.1, 0.15) is 29.8 Å². The fourth-order valence-electron chi connectivity index (χ4n) is 3.90. The van der Waals surface area contributed by atoms with Crippen LogP contribution in [0.4, 0.5) is 10.3 Å². The molecule has 0 fully saturated rings. The molecule has 37 heavy (non-hydrogen) atoms. The van der Waals surface area contributed by atoms with E-state index in [1.54, 1.807) is 16.7 Å². The SMILES string of the molecule is Cc1ccc(-n2cc(-c3ccc(Cl)cc3)nc2NC(=O)CN(CC(C)C)C(=O)c2ccc(F)cc2)cc1. The number of hydrogen-bond donors (Lipinski definition) is 1. The fourth-order valence-corrected chi connectivity index (χ4v) is 4.03. The van der Waals surface area contributed by atoms with E-state index in [9.17, 15) is 14.0 Å². The summed E-state index contributed by atoms with van der Waals surface area (Å²) in [6.45, 7) is 6.12. The van der Waals surface area contributed by atoms with E-state index < -0.39 is 11.7 Å². The molecule has 0 radical (unpaired) electrons. The van der Waals surface area contributed by atoms with Crippen molar-refractivity contribution < 1.29 is 14.0 Å². The number of anilines is 1. The van der Waals surface area contributed by atoms with Gasteiger partial charge in [0.2, 0.25) is 11.9 Å². The lowest BCUT2D eigenvalue weighted by molar-refractivity contribution is -0.117. The van der Waals surface area contributed by atoms with Gasteiger partial charge in [-0.25, -0.2) is 9.37 Å². The van der Waals surface area contributed by atoms with Gasteiger partial charge in [0, 0.05) is 34.6 Å². The quantitative estimate of drug-likeness (QED) is 0.294. The van der Waals surface area contributed by atoms with Gasteiger partial charge < -0.3 is 4.90 Å². The molecule has 0 aliphatic rings. The van der Waals surface area contributed by atoms with Crippen molar-refractivity contribution in [2.75, 3.05) is 18.4 Å². The van der Waals surface area contributed by atoms with Crippen LogP contribution >= 0.6 is 11.6 Å². The molecule has 0 unspecified atom stereocenters. The lowest BCUT2D eigenvalue weighted by atomic mass is 10.1. The second-order valence-electron chi connectivity index (χ2n) is 9.30. The van der Waals surface area contributed by atoms with Gasteiger partial charge in [-0.2, -0.15) is 0 Å². The van der Waals surface area contributed by atoms with Crippen LogP contribution in [0.25, 0.3) is 16.9 Å². The minimum absolute atomic E-state index is 0.128. The van der Waals surface area contributed by atoms with Crippen molar-refractivity contribution >= 4 is 29.4 Å². The number of aromatic nitrogens is 2. The minimum atomic E-state index is -0.427. The predicted octanol–water partition coefficient (Wildman–Crippen LogP) is 6.38. The second kappa shape index (κ2) is 11.4. The van der Waals surface area contributed by atoms with Crippen LogP contribution in [0, 0.1) is 18.7 Å². The smallest absolute Gasteiger partial charge is 0.254 e. The van der Waals surface area contributed by atoms with Crippen molar-refractivity contribution in [2.24, 2.45) is 5.92 Å². The summed E-state index contributed by atoms with van der Waals surface area (Å²) in [7, 11) is 0. The number of carbonyl (C=O) groups is 2. The van der Waals surface area contributed by atoms with E-state index in [0.717, 1.165) is 16.8 Å². The Balaban J connectivity index is 1.61. The standard InChI is InChI=1S/C29H28ClFN4O2/c1-19(2)16-34(28(37)22-8-12-24(31)13-9-22)18-27(36)33-29-32-26(21-6-10-23(30)11-7-21)17-35(29)25-14-4-20(3)5-15-25/h4-15,17,19H,16,18H2,1-3H3,(H,32,33,36). The number of halogens is 2. The molecule has 0 aliphatic heterocycles. The first-order chi connectivity index (χ1) is 17.7. The summed E-state index contributed by atoms with van der Waals surface area (Å²) in [5.41, 5.74) is 3.76. The van der Waals surface area contributed by atoms with Crippen LogP contribution in [0.5, 0.6) is 0 Å². The maximum Gasteiger partial charge on any atom is 0.254 e. The molecule has 1 aromatic heterocycles. The molecule has 1 N–H and O–H groups in total. The molecule has 0 atom stereocenters. The average molecular weight is 519 g/mol. The highest BCUT2D eigenvalue weighted by Gasteiger charge is 2.22. The third kappa shape index (κ3) is 6.62. The van der Waals surface area contributed by atoms with Gasteiger partial charge in [-0.3, -0.25) is 19.5 Å². The first kappa shape index (κ1) is 26.1. The molecule has 4 rings (SSSR count). The van der Waals surface area contributed by atoms with Crippen LogP contribution < -0.4 is 5.32 Å². The molecular weight excluding hydrogens is 491 g/mol. The number of hydrogen-bond acceptors (Lipinski definition) is 3. The number of amides is 2. The molecule has 190 valence electrons. The van der Waals surface area contributed by atoms with Crippen molar-refractivity contribution in [2.45, 2.75) is 20.8 Å². The molecule has 6 nitrogen and oxygen atoms in total. The van der Waals surface area contributed by atoms with Gasteiger partial charge in [-0.05, 0) is 61.4 Å². The lowest BCUT2D eigenvalue weighted by Crippen LogP contribution is -2.40. The number of aryl methyl sites for hydroxylation is 1. The van der Waals surface area contributed by atoms with Gasteiger partial charge in [0.1, 0.15) is 12.4 Å². The Morgan fingerprint density at radius 2 is 1.65 bits per heavy atom. The lowest BCUT2D eigenvalue weighted by Gasteiger charge is -2.24. The summed E-state index contributed by atoms with van der Waals surface area (Å²) >= 11 is 6.04. The van der Waals surface area contributed by atoms with Gasteiger partial charge in [0.25, 0.3) is 5.91 Å². The zero-order valence-electron chi connectivity index (χ0n) is 20.9. The summed E-state index contributed by atoms with van der Waals surface area (Å²) in [6.07, 6.45) is 1.85. The predicted molar refractivity (Wildman–Crippen MR) is 145 cm³/mol. The number of imidazole rings is 1. The topological polar surface area (TPSA) is 67.2 Å². The minimum Gasteiger partial charge on any atom is -0.329 e. The summed E-state index contributed by atoms with van der Waals surface area (Å²) in [4.78, 5) is 32.4. The summed E-state index contributed by atoms with van der Waals surface area (Å²) in [5.74, 6) is -0.699. The van der Waals surface area contributed by atoms with Gasteiger partial charge >= 0.3 is 0 Å². The fraction of sp³-hybridized carbons (Fsp3) is 0.207. The van der Waals surface area contributed by atoms with E-state index in [1.807, 2.05) is 63.4 Å². The number of nitrogens with one attached hydrogen (secondary N) is 1. The Morgan fingerprint density at radius 3 is 2.27 bits per heavy atom. The zero-order chi connectivity index (χ0) is 26.5. The largest absolute Gasteiger partial charge is 0.329 e. The Hall–Kier alpha value is -3.97. The highest BCUT2D eigenvalue weighted by molar-refractivity contribution is 6.30. The number of carbonyl (C=O) groups excluding carboxylic acids is 2. The first-order valence-corrected chi connectivity index (χ1v) is 12.3. The van der Waals surface area contributed by atoms with Crippen molar-refractivity contribution in [1.29, 1.82) is 0 Å². The Bertz CT molecular complexity index is 1380. The monoisotopic (exact) mass is 518 g/mol. The van der Waals surface area contributed by atoms with E-state index in [2.05, 4.69) is 10.3 Å². The normalized spacial score (nSPS) is 11.0. The van der Waals surface area contributed by atoms with E-state index in [1.165, 1.54) is 29.2 Å².